The van der Waals surface area contributed by atoms with Crippen LogP contribution in [-0.4, -0.2) is 56.0 Å². The highest BCUT2D eigenvalue weighted by Crippen LogP contribution is 2.23. The molecule has 0 saturated heterocycles. The molecule has 0 aliphatic heterocycles. The van der Waals surface area contributed by atoms with Crippen molar-refractivity contribution >= 4 is 35.8 Å². The molecule has 0 aliphatic carbocycles. The second-order valence-corrected chi connectivity index (χ2v) is 7.49. The maximum atomic E-state index is 14.2. The van der Waals surface area contributed by atoms with E-state index >= 15 is 0 Å². The third kappa shape index (κ3) is 9.13. The average molecular weight is 511 g/mol. The molecule has 9 heteroatoms. The van der Waals surface area contributed by atoms with E-state index in [1.54, 1.807) is 19.0 Å². The van der Waals surface area contributed by atoms with Crippen molar-refractivity contribution in [3.8, 4) is 0 Å². The topological polar surface area (TPSA) is 68.8 Å². The highest BCUT2D eigenvalue weighted by Gasteiger charge is 2.22. The minimum absolute atomic E-state index is 0. The number of nitrogens with one attached hydrogen (secondary N) is 3. The monoisotopic (exact) mass is 511 g/mol. The maximum absolute atomic E-state index is 14.2. The number of rotatable bonds is 7. The van der Waals surface area contributed by atoms with Crippen LogP contribution in [0.4, 0.5) is 8.78 Å². The Balaban J connectivity index is 0.00000729. The van der Waals surface area contributed by atoms with Gasteiger partial charge in [-0.1, -0.05) is 6.07 Å². The molecule has 28 heavy (non-hydrogen) atoms. The number of hydrogen-bond acceptors (Lipinski definition) is 3. The number of guanidine groups is 1. The lowest BCUT2D eigenvalue weighted by molar-refractivity contribution is -0.121. The number of likely N-dealkylation sites (N-methyl/N-ethyl adjacent to an activating group) is 1. The molecule has 0 spiro atoms. The van der Waals surface area contributed by atoms with Gasteiger partial charge in [-0.3, -0.25) is 4.79 Å². The fourth-order valence-electron chi connectivity index (χ4n) is 2.52. The normalized spacial score (nSPS) is 13.0. The molecule has 1 amide bonds. The fraction of sp³-hybridized carbons (Fsp3) is 0.579. The van der Waals surface area contributed by atoms with E-state index in [4.69, 9.17) is 0 Å². The molecular weight excluding hydrogens is 479 g/mol. The number of carbonyl (C=O) groups is 1. The Labute approximate surface area is 183 Å². The van der Waals surface area contributed by atoms with Gasteiger partial charge < -0.3 is 20.9 Å². The number of carbonyl (C=O) groups excluding carboxylic acids is 1. The lowest BCUT2D eigenvalue weighted by atomic mass is 10.0. The Hall–Kier alpha value is -1.49. The van der Waals surface area contributed by atoms with Crippen LogP contribution in [0.15, 0.2) is 23.2 Å². The number of aliphatic imine (C=N–C) groups is 1. The Morgan fingerprint density at radius 2 is 1.75 bits per heavy atom. The second-order valence-electron chi connectivity index (χ2n) is 7.49. The van der Waals surface area contributed by atoms with Crippen LogP contribution in [0.25, 0.3) is 0 Å². The summed E-state index contributed by atoms with van der Waals surface area (Å²) in [7, 11) is 3.50. The molecule has 0 aromatic heterocycles. The van der Waals surface area contributed by atoms with Crippen molar-refractivity contribution in [2.45, 2.75) is 39.3 Å². The summed E-state index contributed by atoms with van der Waals surface area (Å²) >= 11 is 0. The van der Waals surface area contributed by atoms with Crippen molar-refractivity contribution in [3.05, 3.63) is 35.4 Å². The minimum atomic E-state index is -0.595. The predicted molar refractivity (Wildman–Crippen MR) is 120 cm³/mol. The molecule has 0 aliphatic rings. The summed E-state index contributed by atoms with van der Waals surface area (Å²) in [6.07, 6.45) is 0. The van der Waals surface area contributed by atoms with Crippen molar-refractivity contribution in [2.24, 2.45) is 4.99 Å². The van der Waals surface area contributed by atoms with Crippen LogP contribution in [0.1, 0.15) is 39.3 Å². The third-order valence-corrected chi connectivity index (χ3v) is 3.66. The molecule has 6 nitrogen and oxygen atoms in total. The smallest absolute Gasteiger partial charge is 0.242 e. The summed E-state index contributed by atoms with van der Waals surface area (Å²) in [5, 5.41) is 8.92. The van der Waals surface area contributed by atoms with Crippen molar-refractivity contribution in [1.29, 1.82) is 0 Å². The standard InChI is InChI=1S/C19H31F2N5O.HI/c1-7-22-18(24-12-16(27)25-19(2,3)4)23-11-15(26(5)6)17-13(20)9-8-10-14(17)21;/h8-10,15H,7,11-12H2,1-6H3,(H,25,27)(H2,22,23,24);1H. The van der Waals surface area contributed by atoms with Gasteiger partial charge in [-0.15, -0.1) is 24.0 Å². The molecule has 0 fully saturated rings. The summed E-state index contributed by atoms with van der Waals surface area (Å²) in [5.41, 5.74) is -0.340. The van der Waals surface area contributed by atoms with E-state index in [1.165, 1.54) is 18.2 Å². The SMILES string of the molecule is CCNC(=NCC(=O)NC(C)(C)C)NCC(c1c(F)cccc1F)N(C)C.I. The third-order valence-electron chi connectivity index (χ3n) is 3.66. The number of nitrogens with zero attached hydrogens (tertiary/aromatic N) is 2. The minimum Gasteiger partial charge on any atom is -0.357 e. The van der Waals surface area contributed by atoms with Gasteiger partial charge in [0.15, 0.2) is 5.96 Å². The van der Waals surface area contributed by atoms with Gasteiger partial charge in [0.1, 0.15) is 18.2 Å². The molecule has 1 atom stereocenters. The van der Waals surface area contributed by atoms with Crippen molar-refractivity contribution in [2.75, 3.05) is 33.7 Å². The largest absolute Gasteiger partial charge is 0.357 e. The molecule has 1 aromatic carbocycles. The molecule has 0 radical (unpaired) electrons. The van der Waals surface area contributed by atoms with E-state index in [2.05, 4.69) is 20.9 Å². The summed E-state index contributed by atoms with van der Waals surface area (Å²) in [4.78, 5) is 17.9. The molecule has 1 rings (SSSR count). The van der Waals surface area contributed by atoms with Gasteiger partial charge in [0, 0.05) is 24.2 Å². The van der Waals surface area contributed by atoms with Gasteiger partial charge in [0.25, 0.3) is 0 Å². The zero-order valence-electron chi connectivity index (χ0n) is 17.4. The highest BCUT2D eigenvalue weighted by molar-refractivity contribution is 14.0. The van der Waals surface area contributed by atoms with E-state index in [-0.39, 0.29) is 54.1 Å². The van der Waals surface area contributed by atoms with E-state index < -0.39 is 17.7 Å². The van der Waals surface area contributed by atoms with Gasteiger partial charge >= 0.3 is 0 Å². The molecule has 3 N–H and O–H groups in total. The van der Waals surface area contributed by atoms with Gasteiger partial charge in [0.05, 0.1) is 6.04 Å². The molecule has 160 valence electrons. The molecule has 0 saturated carbocycles. The molecule has 0 heterocycles. The number of amides is 1. The highest BCUT2D eigenvalue weighted by atomic mass is 127. The van der Waals surface area contributed by atoms with Gasteiger partial charge in [-0.05, 0) is 53.9 Å². The van der Waals surface area contributed by atoms with E-state index in [9.17, 15) is 13.6 Å². The van der Waals surface area contributed by atoms with E-state index in [1.807, 2.05) is 27.7 Å². The molecule has 1 unspecified atom stereocenters. The first-order valence-corrected chi connectivity index (χ1v) is 8.98. The van der Waals surface area contributed by atoms with Crippen LogP contribution in [-0.2, 0) is 4.79 Å². The summed E-state index contributed by atoms with van der Waals surface area (Å²) in [6.45, 7) is 8.33. The first kappa shape index (κ1) is 26.5. The van der Waals surface area contributed by atoms with Crippen LogP contribution in [0.5, 0.6) is 0 Å². The van der Waals surface area contributed by atoms with Crippen molar-refractivity contribution < 1.29 is 13.6 Å². The Kier molecular flexibility index (Phi) is 11.5. The Morgan fingerprint density at radius 3 is 2.21 bits per heavy atom. The Bertz CT molecular complexity index is 642. The van der Waals surface area contributed by atoms with E-state index in [0.29, 0.717) is 12.5 Å². The zero-order chi connectivity index (χ0) is 20.6. The average Bonchev–Trinajstić information content (AvgIpc) is 2.53. The molecule has 1 aromatic rings. The summed E-state index contributed by atoms with van der Waals surface area (Å²) in [6, 6.07) is 3.28. The van der Waals surface area contributed by atoms with E-state index in [0.717, 1.165) is 0 Å². The summed E-state index contributed by atoms with van der Waals surface area (Å²) < 4.78 is 28.3. The van der Waals surface area contributed by atoms with Crippen LogP contribution in [0.2, 0.25) is 0 Å². The van der Waals surface area contributed by atoms with Gasteiger partial charge in [-0.2, -0.15) is 0 Å². The molecular formula is C19H32F2IN5O. The van der Waals surface area contributed by atoms with Crippen molar-refractivity contribution in [1.82, 2.24) is 20.9 Å². The quantitative estimate of drug-likeness (QED) is 0.299. The van der Waals surface area contributed by atoms with Crippen LogP contribution >= 0.6 is 24.0 Å². The lowest BCUT2D eigenvalue weighted by Crippen LogP contribution is -2.44. The zero-order valence-corrected chi connectivity index (χ0v) is 19.7. The van der Waals surface area contributed by atoms with Gasteiger partial charge in [-0.25, -0.2) is 13.8 Å². The maximum Gasteiger partial charge on any atom is 0.242 e. The number of hydrogen-bond donors (Lipinski definition) is 3. The predicted octanol–water partition coefficient (Wildman–Crippen LogP) is 2.66. The number of benzene rings is 1. The molecule has 0 bridgehead atoms. The van der Waals surface area contributed by atoms with Crippen LogP contribution in [0, 0.1) is 11.6 Å². The van der Waals surface area contributed by atoms with Crippen molar-refractivity contribution in [3.63, 3.8) is 0 Å². The van der Waals surface area contributed by atoms with Gasteiger partial charge in [0.2, 0.25) is 5.91 Å². The second kappa shape index (κ2) is 12.2. The first-order chi connectivity index (χ1) is 12.5. The first-order valence-electron chi connectivity index (χ1n) is 8.98. The van der Waals surface area contributed by atoms with Crippen LogP contribution in [0.3, 0.4) is 0 Å². The number of halogens is 3. The summed E-state index contributed by atoms with van der Waals surface area (Å²) in [5.74, 6) is -0.988. The Morgan fingerprint density at radius 1 is 1.18 bits per heavy atom. The fourth-order valence-corrected chi connectivity index (χ4v) is 2.52. The lowest BCUT2D eigenvalue weighted by Gasteiger charge is -2.26. The van der Waals surface area contributed by atoms with Crippen LogP contribution < -0.4 is 16.0 Å².